The summed E-state index contributed by atoms with van der Waals surface area (Å²) in [5, 5.41) is 66.7. The van der Waals surface area contributed by atoms with Gasteiger partial charge in [0.2, 0.25) is 65.0 Å². The van der Waals surface area contributed by atoms with Crippen LogP contribution >= 0.6 is 11.6 Å². The van der Waals surface area contributed by atoms with E-state index in [1.54, 1.807) is 50.2 Å². The fraction of sp³-hybridized carbons (Fsp3) is 0.423. The average Bonchev–Trinajstić information content (AvgIpc) is 1.79. The number of phenols is 1. The summed E-state index contributed by atoms with van der Waals surface area (Å²) in [5.74, 6) is -9.97. The fourth-order valence-corrected chi connectivity index (χ4v) is 11.5. The van der Waals surface area contributed by atoms with Gasteiger partial charge in [-0.15, -0.1) is 0 Å². The minimum absolute atomic E-state index is 0.00169. The third-order valence-electron chi connectivity index (χ3n) is 16.7. The number of carboxylic acid groups (broad SMARTS) is 1. The Morgan fingerprint density at radius 2 is 1.05 bits per heavy atom. The van der Waals surface area contributed by atoms with Gasteiger partial charge in [-0.3, -0.25) is 67.9 Å². The molecule has 6 rings (SSSR count). The van der Waals surface area contributed by atoms with Crippen molar-refractivity contribution in [1.82, 2.24) is 68.4 Å². The number of rotatable bonds is 38. The lowest BCUT2D eigenvalue weighted by Crippen LogP contribution is -2.61. The highest BCUT2D eigenvalue weighted by atomic mass is 35.5. The molecule has 1 aromatic heterocycles. The zero-order valence-corrected chi connectivity index (χ0v) is 59.4. The monoisotopic (exact) mass is 1480 g/mol. The topological polar surface area (TPSA) is 533 Å². The number of aliphatic hydroxyl groups is 1. The smallest absolute Gasteiger partial charge is 0.312 e. The number of benzene rings is 4. The number of hydrogen-bond donors (Lipinski definition) is 18. The Balaban J connectivity index is 0.00000648. The Labute approximate surface area is 611 Å². The summed E-state index contributed by atoms with van der Waals surface area (Å²) in [4.78, 5) is 181. The van der Waals surface area contributed by atoms with Crippen LogP contribution in [0, 0.1) is 11.3 Å². The van der Waals surface area contributed by atoms with Crippen LogP contribution in [0.3, 0.4) is 0 Å². The van der Waals surface area contributed by atoms with Gasteiger partial charge in [-0.2, -0.15) is 0 Å². The second kappa shape index (κ2) is 42.8. The molecular weight excluding hydrogens is 1380 g/mol. The maximum atomic E-state index is 14.9. The Kier molecular flexibility index (Phi) is 34.3. The van der Waals surface area contributed by atoms with E-state index in [1.807, 2.05) is 42.5 Å². The highest BCUT2D eigenvalue weighted by molar-refractivity contribution is 6.30. The molecule has 0 aliphatic carbocycles. The van der Waals surface area contributed by atoms with Gasteiger partial charge in [0, 0.05) is 69.7 Å². The summed E-state index contributed by atoms with van der Waals surface area (Å²) in [6.07, 6.45) is 2.71. The molecule has 1 fully saturated rings. The number of amides is 13. The summed E-state index contributed by atoms with van der Waals surface area (Å²) in [5.41, 5.74) is 18.3. The number of carbonyl (C=O) groups is 13. The lowest BCUT2D eigenvalue weighted by molar-refractivity contribution is -0.142. The number of pyridine rings is 1. The molecule has 105 heavy (non-hydrogen) atoms. The van der Waals surface area contributed by atoms with E-state index in [9.17, 15) is 67.7 Å². The number of phenolic OH excluding ortho intramolecular Hbond substituents is 1. The van der Waals surface area contributed by atoms with Crippen molar-refractivity contribution in [2.75, 3.05) is 26.2 Å². The second-order valence-corrected chi connectivity index (χ2v) is 25.9. The number of primary amides is 2. The predicted molar refractivity (Wildman–Crippen MR) is 386 cm³/mol. The highest BCUT2D eigenvalue weighted by Crippen LogP contribution is 2.22. The minimum Gasteiger partial charge on any atom is -0.508 e. The Morgan fingerprint density at radius 3 is 1.58 bits per heavy atom. The molecule has 0 spiro atoms. The normalized spacial score (nSPS) is 14.9. The molecule has 21 N–H and O–H groups in total. The number of nitrogens with one attached hydrogen (secondary N) is 12. The number of aliphatic hydroxyl groups excluding tert-OH is 1. The van der Waals surface area contributed by atoms with Gasteiger partial charge in [0.05, 0.1) is 6.61 Å². The number of aromatic nitrogens is 1. The number of guanidine groups is 1. The molecule has 1 saturated heterocycles. The van der Waals surface area contributed by atoms with Crippen LogP contribution in [-0.4, -0.2) is 195 Å². The summed E-state index contributed by atoms with van der Waals surface area (Å²) >= 11 is 6.23. The van der Waals surface area contributed by atoms with Crippen LogP contribution in [0.1, 0.15) is 94.9 Å². The molecule has 13 amide bonds. The van der Waals surface area contributed by atoms with E-state index >= 15 is 0 Å². The molecule has 0 radical (unpaired) electrons. The van der Waals surface area contributed by atoms with Crippen LogP contribution in [-0.2, 0) is 83.2 Å². The van der Waals surface area contributed by atoms with Gasteiger partial charge in [0.15, 0.2) is 5.96 Å². The molecule has 0 bridgehead atoms. The zero-order valence-electron chi connectivity index (χ0n) is 58.7. The third kappa shape index (κ3) is 28.7. The van der Waals surface area contributed by atoms with Gasteiger partial charge in [-0.1, -0.05) is 98.2 Å². The van der Waals surface area contributed by atoms with E-state index in [1.165, 1.54) is 55.4 Å². The summed E-state index contributed by atoms with van der Waals surface area (Å²) in [6.45, 7) is 4.95. The quantitative estimate of drug-likeness (QED) is 0.00995. The number of hydrogen-bond acceptors (Lipinski definition) is 17. The average molecular weight is 1480 g/mol. The number of carbonyl (C=O) groups excluding carboxylic acids is 12. The van der Waals surface area contributed by atoms with Crippen molar-refractivity contribution < 1.29 is 77.6 Å². The molecular formula is C71H94ClN17O16. The van der Waals surface area contributed by atoms with E-state index in [4.69, 9.17) is 44.1 Å². The molecule has 4 aromatic carbocycles. The van der Waals surface area contributed by atoms with Crippen molar-refractivity contribution in [2.45, 2.75) is 159 Å². The minimum atomic E-state index is -1.85. The molecule has 0 saturated carbocycles. The Bertz CT molecular complexity index is 3820. The maximum absolute atomic E-state index is 14.9. The molecule has 5 aromatic rings. The van der Waals surface area contributed by atoms with Crippen molar-refractivity contribution in [3.05, 3.63) is 143 Å². The Morgan fingerprint density at radius 1 is 0.581 bits per heavy atom. The molecule has 34 heteroatoms. The largest absolute Gasteiger partial charge is 0.508 e. The standard InChI is InChI=1S/C70H92ClN17O14.CH2O2/c1-39(2)31-52(61(94)82-51(15-9-28-77-69(73)74)68(101)88-30-10-16-58(88)67(100)79-40(3)59(72)92)83-60(93)50(14-8-29-78-70(75)102)81-63(96)54(34-43-20-25-49(91)26-21-43)86-66(99)57(38-89)87-65(98)56(36-45-11-7-27-76-37-45)85-64(97)55(33-42-18-23-48(71)24-19-42)84-62(95)53(80-41(4)90)35-44-17-22-46-12-5-6-13-47(46)32-44;2-1-3/h5-7,11-13,17-27,32,37,39-40,50-58,89,91H,8-10,14-16,28-31,33-36,38H2,1-4H3,(H2,72,92)(H,79,100)(H,80,90)(H,81,96)(H,82,94)(H,83,93)(H,84,95)(H,85,97)(H,86,99)(H,87,98)(H4,73,74,77)(H3,75,78,102);1H,(H,2,3)/t40-,50-,51+,52+,53-,54+,55-,56-,57+,58+;/m1./s1. The first kappa shape index (κ1) is 84.2. The van der Waals surface area contributed by atoms with Gasteiger partial charge in [-0.25, -0.2) is 4.79 Å². The number of nitrogens with zero attached hydrogens (tertiary/aromatic N) is 2. The van der Waals surface area contributed by atoms with Crippen molar-refractivity contribution >= 4 is 106 Å². The van der Waals surface area contributed by atoms with Gasteiger partial charge >= 0.3 is 6.03 Å². The summed E-state index contributed by atoms with van der Waals surface area (Å²) in [7, 11) is 0. The zero-order chi connectivity index (χ0) is 77.3. The lowest BCUT2D eigenvalue weighted by atomic mass is 9.99. The SMILES string of the molecule is CC(=O)N[C@H](Cc1ccc2ccccc2c1)C(=O)N[C@H](Cc1ccc(Cl)cc1)C(=O)N[C@H](Cc1cccnc1)C(=O)N[C@@H](CO)C(=O)N[C@@H](Cc1ccc(O)cc1)C(=O)N[C@H](CCCNC(N)=O)C(=O)N[C@@H](CC(C)C)C(=O)N[C@@H](CCCNC(=N)N)C(=O)N1CCC[C@H]1C(=O)N[C@H](C)C(N)=O.O=CO. The molecule has 10 atom stereocenters. The highest BCUT2D eigenvalue weighted by Gasteiger charge is 2.40. The molecule has 0 unspecified atom stereocenters. The lowest BCUT2D eigenvalue weighted by Gasteiger charge is -2.31. The maximum Gasteiger partial charge on any atom is 0.312 e. The van der Waals surface area contributed by atoms with Crippen molar-refractivity contribution in [3.63, 3.8) is 0 Å². The van der Waals surface area contributed by atoms with Crippen LogP contribution in [0.25, 0.3) is 10.8 Å². The van der Waals surface area contributed by atoms with Crippen LogP contribution in [0.4, 0.5) is 4.79 Å². The molecule has 566 valence electrons. The first-order chi connectivity index (χ1) is 50.0. The van der Waals surface area contributed by atoms with Gasteiger partial charge in [-0.05, 0) is 121 Å². The number of likely N-dealkylation sites (tertiary alicyclic amines) is 1. The summed E-state index contributed by atoms with van der Waals surface area (Å²) < 4.78 is 0. The van der Waals surface area contributed by atoms with Crippen molar-refractivity contribution in [2.24, 2.45) is 23.1 Å². The molecule has 33 nitrogen and oxygen atoms in total. The van der Waals surface area contributed by atoms with E-state index in [2.05, 4.69) is 63.5 Å². The van der Waals surface area contributed by atoms with E-state index in [0.29, 0.717) is 33.7 Å². The first-order valence-corrected chi connectivity index (χ1v) is 34.4. The van der Waals surface area contributed by atoms with Crippen molar-refractivity contribution in [3.8, 4) is 5.75 Å². The first-order valence-electron chi connectivity index (χ1n) is 34.0. The number of nitrogens with two attached hydrogens (primary N) is 3. The van der Waals surface area contributed by atoms with Crippen molar-refractivity contribution in [1.29, 1.82) is 5.41 Å². The van der Waals surface area contributed by atoms with Crippen LogP contribution in [0.15, 0.2) is 116 Å². The van der Waals surface area contributed by atoms with Gasteiger partial charge < -0.3 is 95.9 Å². The number of fused-ring (bicyclic) bond motifs is 1. The van der Waals surface area contributed by atoms with Gasteiger partial charge in [0.25, 0.3) is 6.47 Å². The number of urea groups is 1. The molecule has 1 aliphatic rings. The predicted octanol–water partition coefficient (Wildman–Crippen LogP) is -0.805. The number of halogens is 1. The van der Waals surface area contributed by atoms with Crippen LogP contribution in [0.2, 0.25) is 5.02 Å². The van der Waals surface area contributed by atoms with E-state index in [0.717, 1.165) is 10.8 Å². The van der Waals surface area contributed by atoms with E-state index in [-0.39, 0.29) is 108 Å². The second-order valence-electron chi connectivity index (χ2n) is 25.5. The van der Waals surface area contributed by atoms with Crippen LogP contribution in [0.5, 0.6) is 5.75 Å². The van der Waals surface area contributed by atoms with Crippen LogP contribution < -0.4 is 75.7 Å². The number of aromatic hydroxyl groups is 1. The summed E-state index contributed by atoms with van der Waals surface area (Å²) in [6, 6.07) is 13.4. The molecule has 1 aliphatic heterocycles. The third-order valence-corrected chi connectivity index (χ3v) is 17.0. The molecule has 2 heterocycles. The van der Waals surface area contributed by atoms with Gasteiger partial charge in [0.1, 0.15) is 66.2 Å². The van der Waals surface area contributed by atoms with E-state index < -0.39 is 138 Å². The fourth-order valence-electron chi connectivity index (χ4n) is 11.4. The Hall–Kier alpha value is -11.5.